The van der Waals surface area contributed by atoms with Gasteiger partial charge in [0.25, 0.3) is 5.91 Å². The number of anilines is 1. The van der Waals surface area contributed by atoms with Crippen molar-refractivity contribution in [3.8, 4) is 0 Å². The Kier molecular flexibility index (Phi) is 14.8. The number of nitrogens with one attached hydrogen (secondary N) is 4. The second kappa shape index (κ2) is 19.2. The average molecular weight is 659 g/mol. The number of allylic oxidation sites excluding steroid dienone is 1. The molecule has 48 heavy (non-hydrogen) atoms. The molecule has 0 spiro atoms. The van der Waals surface area contributed by atoms with Crippen LogP contribution in [-0.2, 0) is 35.3 Å². The molecule has 0 unspecified atom stereocenters. The van der Waals surface area contributed by atoms with Crippen molar-refractivity contribution in [3.05, 3.63) is 104 Å². The molecule has 0 aliphatic heterocycles. The lowest BCUT2D eigenvalue weighted by molar-refractivity contribution is -0.148. The summed E-state index contributed by atoms with van der Waals surface area (Å²) in [6.07, 6.45) is 1.90. The van der Waals surface area contributed by atoms with E-state index in [2.05, 4.69) is 34.4 Å². The molecule has 0 bridgehead atoms. The summed E-state index contributed by atoms with van der Waals surface area (Å²) < 4.78 is 10.7. The van der Waals surface area contributed by atoms with Gasteiger partial charge in [-0.1, -0.05) is 72.8 Å². The van der Waals surface area contributed by atoms with Crippen LogP contribution in [0, 0.1) is 5.92 Å². The zero-order chi connectivity index (χ0) is 34.9. The Morgan fingerprint density at radius 2 is 1.48 bits per heavy atom. The van der Waals surface area contributed by atoms with Crippen molar-refractivity contribution in [3.63, 3.8) is 0 Å². The van der Waals surface area contributed by atoms with E-state index in [4.69, 9.17) is 9.47 Å². The predicted octanol–water partition coefficient (Wildman–Crippen LogP) is 3.76. The number of carbonyl (C=O) groups excluding carboxylic acids is 5. The number of esters is 1. The van der Waals surface area contributed by atoms with Crippen LogP contribution in [0.15, 0.2) is 98.1 Å². The maximum Gasteiger partial charge on any atom is 0.408 e. The Morgan fingerprint density at radius 1 is 0.792 bits per heavy atom. The monoisotopic (exact) mass is 658 g/mol. The topological polar surface area (TPSA) is 172 Å². The van der Waals surface area contributed by atoms with Gasteiger partial charge in [-0.05, 0) is 48.2 Å². The highest BCUT2D eigenvalue weighted by molar-refractivity contribution is 6.00. The van der Waals surface area contributed by atoms with E-state index in [0.717, 1.165) is 16.3 Å². The molecule has 3 rings (SSSR count). The minimum absolute atomic E-state index is 0.00235. The van der Waals surface area contributed by atoms with Crippen LogP contribution in [0.5, 0.6) is 0 Å². The van der Waals surface area contributed by atoms with E-state index in [-0.39, 0.29) is 32.5 Å². The fourth-order valence-corrected chi connectivity index (χ4v) is 4.61. The van der Waals surface area contributed by atoms with Crippen LogP contribution in [0.25, 0.3) is 10.8 Å². The van der Waals surface area contributed by atoms with Crippen molar-refractivity contribution in [2.45, 2.75) is 50.9 Å². The van der Waals surface area contributed by atoms with Gasteiger partial charge < -0.3 is 35.8 Å². The van der Waals surface area contributed by atoms with Crippen molar-refractivity contribution in [1.29, 1.82) is 0 Å². The predicted molar refractivity (Wildman–Crippen MR) is 181 cm³/mol. The van der Waals surface area contributed by atoms with Crippen LogP contribution in [0.1, 0.15) is 31.7 Å². The first kappa shape index (κ1) is 37.0. The first-order chi connectivity index (χ1) is 23.1. The van der Waals surface area contributed by atoms with Crippen molar-refractivity contribution < 1.29 is 38.6 Å². The summed E-state index contributed by atoms with van der Waals surface area (Å²) in [5.74, 6) is -3.60. The molecule has 0 heterocycles. The van der Waals surface area contributed by atoms with E-state index in [1.54, 1.807) is 43.3 Å². The molecule has 4 atom stereocenters. The van der Waals surface area contributed by atoms with E-state index in [9.17, 15) is 29.1 Å². The number of ether oxygens (including phenoxy) is 2. The molecule has 0 aliphatic carbocycles. The van der Waals surface area contributed by atoms with Gasteiger partial charge >= 0.3 is 12.1 Å². The van der Waals surface area contributed by atoms with Crippen LogP contribution in [0.4, 0.5) is 10.5 Å². The average Bonchev–Trinajstić information content (AvgIpc) is 3.08. The highest BCUT2D eigenvalue weighted by atomic mass is 16.6. The standard InChI is InChI=1S/C36H42N4O8/c1-4-11-28(20-32(42)37-24(3)21-41)33(43)39-31(34(44)38-29-18-17-26-15-9-10-16-27(26)19-29)23-47-35(45)30(12-5-2)40-36(46)48-22-25-13-7-6-8-14-25/h4-10,13-19,24,28,30-31,41H,1-2,11-12,20-23H2,3H3,(H,37,42)(H,38,44)(H,39,43)(H,40,46)/t24-,28+,30-,31+/m1/s1. The molecule has 4 amide bonds. The highest BCUT2D eigenvalue weighted by Crippen LogP contribution is 2.19. The zero-order valence-electron chi connectivity index (χ0n) is 26.9. The summed E-state index contributed by atoms with van der Waals surface area (Å²) in [5, 5.41) is 21.5. The number of hydrogen-bond acceptors (Lipinski definition) is 8. The molecule has 0 saturated carbocycles. The van der Waals surface area contributed by atoms with Crippen LogP contribution in [0.2, 0.25) is 0 Å². The Bertz CT molecular complexity index is 1580. The van der Waals surface area contributed by atoms with E-state index in [1.807, 2.05) is 36.4 Å². The van der Waals surface area contributed by atoms with Crippen LogP contribution in [0.3, 0.4) is 0 Å². The Hall–Kier alpha value is -5.49. The van der Waals surface area contributed by atoms with Gasteiger partial charge in [0.15, 0.2) is 0 Å². The molecular weight excluding hydrogens is 616 g/mol. The highest BCUT2D eigenvalue weighted by Gasteiger charge is 2.30. The maximum atomic E-state index is 13.5. The molecular formula is C36H42N4O8. The molecule has 254 valence electrons. The number of aliphatic hydroxyl groups excluding tert-OH is 1. The fourth-order valence-electron chi connectivity index (χ4n) is 4.61. The maximum absolute atomic E-state index is 13.5. The smallest absolute Gasteiger partial charge is 0.408 e. The van der Waals surface area contributed by atoms with E-state index < -0.39 is 60.4 Å². The number of amides is 4. The SMILES string of the molecule is C=CC[C@@H](CC(=O)N[C@H](C)CO)C(=O)N[C@@H](COC(=O)[C@@H](CC=C)NC(=O)OCc1ccccc1)C(=O)Nc1ccc2ccccc2c1. The van der Waals surface area contributed by atoms with Gasteiger partial charge in [-0.15, -0.1) is 13.2 Å². The molecule has 12 nitrogen and oxygen atoms in total. The Balaban J connectivity index is 1.73. The first-order valence-electron chi connectivity index (χ1n) is 15.5. The molecule has 3 aromatic rings. The minimum atomic E-state index is -1.38. The van der Waals surface area contributed by atoms with Gasteiger partial charge in [0, 0.05) is 18.2 Å². The number of rotatable bonds is 18. The van der Waals surface area contributed by atoms with Crippen molar-refractivity contribution >= 4 is 46.2 Å². The molecule has 5 N–H and O–H groups in total. The summed E-state index contributed by atoms with van der Waals surface area (Å²) in [4.78, 5) is 65.0. The second-order valence-electron chi connectivity index (χ2n) is 11.1. The third-order valence-corrected chi connectivity index (χ3v) is 7.17. The normalized spacial score (nSPS) is 13.1. The molecule has 0 aliphatic rings. The molecule has 0 saturated heterocycles. The van der Waals surface area contributed by atoms with Gasteiger partial charge in [0.2, 0.25) is 11.8 Å². The molecule has 0 aromatic heterocycles. The number of alkyl carbamates (subject to hydrolysis) is 1. The van der Waals surface area contributed by atoms with Crippen LogP contribution in [-0.4, -0.2) is 66.2 Å². The summed E-state index contributed by atoms with van der Waals surface area (Å²) >= 11 is 0. The fraction of sp³-hybridized carbons (Fsp3) is 0.306. The van der Waals surface area contributed by atoms with E-state index in [0.29, 0.717) is 5.69 Å². The lowest BCUT2D eigenvalue weighted by atomic mass is 9.99. The Labute approximate surface area is 279 Å². The van der Waals surface area contributed by atoms with Gasteiger partial charge in [0.05, 0.1) is 12.5 Å². The number of carbonyl (C=O) groups is 5. The molecule has 0 radical (unpaired) electrons. The number of hydrogen-bond donors (Lipinski definition) is 5. The van der Waals surface area contributed by atoms with Crippen molar-refractivity contribution in [2.24, 2.45) is 5.92 Å². The van der Waals surface area contributed by atoms with Gasteiger partial charge in [-0.3, -0.25) is 14.4 Å². The van der Waals surface area contributed by atoms with Gasteiger partial charge in [-0.25, -0.2) is 9.59 Å². The van der Waals surface area contributed by atoms with Crippen LogP contribution < -0.4 is 21.3 Å². The summed E-state index contributed by atoms with van der Waals surface area (Å²) in [6, 6.07) is 18.7. The van der Waals surface area contributed by atoms with Crippen molar-refractivity contribution in [2.75, 3.05) is 18.5 Å². The number of aliphatic hydroxyl groups is 1. The Morgan fingerprint density at radius 3 is 2.17 bits per heavy atom. The minimum Gasteiger partial charge on any atom is -0.461 e. The number of fused-ring (bicyclic) bond motifs is 1. The first-order valence-corrected chi connectivity index (χ1v) is 15.5. The van der Waals surface area contributed by atoms with E-state index in [1.165, 1.54) is 12.2 Å². The summed E-state index contributed by atoms with van der Waals surface area (Å²) in [7, 11) is 0. The summed E-state index contributed by atoms with van der Waals surface area (Å²) in [5.41, 5.74) is 1.19. The zero-order valence-corrected chi connectivity index (χ0v) is 26.9. The largest absolute Gasteiger partial charge is 0.461 e. The van der Waals surface area contributed by atoms with Gasteiger partial charge in [-0.2, -0.15) is 0 Å². The molecule has 12 heteroatoms. The molecule has 3 aromatic carbocycles. The quantitative estimate of drug-likeness (QED) is 0.102. The number of benzene rings is 3. The third kappa shape index (κ3) is 12.0. The molecule has 0 fully saturated rings. The summed E-state index contributed by atoms with van der Waals surface area (Å²) in [6.45, 7) is 8.00. The second-order valence-corrected chi connectivity index (χ2v) is 11.1. The lowest BCUT2D eigenvalue weighted by Crippen LogP contribution is -2.50. The third-order valence-electron chi connectivity index (χ3n) is 7.17. The van der Waals surface area contributed by atoms with Crippen molar-refractivity contribution in [1.82, 2.24) is 16.0 Å². The lowest BCUT2D eigenvalue weighted by Gasteiger charge is -2.23. The van der Waals surface area contributed by atoms with Gasteiger partial charge in [0.1, 0.15) is 25.3 Å². The van der Waals surface area contributed by atoms with E-state index >= 15 is 0 Å². The van der Waals surface area contributed by atoms with Crippen LogP contribution >= 0.6 is 0 Å².